The lowest BCUT2D eigenvalue weighted by Gasteiger charge is -2.43. The maximum Gasteiger partial charge on any atom is 0.419 e. The molecule has 2 aliphatic heterocycles. The van der Waals surface area contributed by atoms with Crippen LogP contribution < -0.4 is 15.1 Å². The largest absolute Gasteiger partial charge is 0.419 e. The molecule has 0 bridgehead atoms. The van der Waals surface area contributed by atoms with Crippen molar-refractivity contribution in [3.63, 3.8) is 0 Å². The summed E-state index contributed by atoms with van der Waals surface area (Å²) >= 11 is 5.63. The first kappa shape index (κ1) is 27.0. The van der Waals surface area contributed by atoms with Gasteiger partial charge in [-0.15, -0.1) is 0 Å². The number of amides is 2. The van der Waals surface area contributed by atoms with Gasteiger partial charge in [0.05, 0.1) is 17.4 Å². The van der Waals surface area contributed by atoms with Crippen molar-refractivity contribution in [3.05, 3.63) is 53.3 Å². The number of hydrogen-bond donors (Lipinski definition) is 1. The molecule has 12 heteroatoms. The van der Waals surface area contributed by atoms with E-state index in [1.54, 1.807) is 29.2 Å². The number of alkyl halides is 3. The van der Waals surface area contributed by atoms with Gasteiger partial charge < -0.3 is 15.1 Å². The van der Waals surface area contributed by atoms with E-state index in [9.17, 15) is 22.8 Å². The Morgan fingerprint density at radius 1 is 1.23 bits per heavy atom. The quantitative estimate of drug-likeness (QED) is 0.555. The molecule has 2 amide bonds. The van der Waals surface area contributed by atoms with Gasteiger partial charge in [-0.2, -0.15) is 18.4 Å². The molecule has 3 heterocycles. The summed E-state index contributed by atoms with van der Waals surface area (Å²) in [5, 5.41) is 12.1. The van der Waals surface area contributed by atoms with Crippen LogP contribution in [0.2, 0.25) is 0 Å². The lowest BCUT2D eigenvalue weighted by Crippen LogP contribution is -2.55. The number of hydrogen-bond acceptors (Lipinski definition) is 6. The van der Waals surface area contributed by atoms with Gasteiger partial charge in [0.2, 0.25) is 0 Å². The summed E-state index contributed by atoms with van der Waals surface area (Å²) in [6, 6.07) is 8.90. The van der Waals surface area contributed by atoms with E-state index >= 15 is 0 Å². The number of anilines is 2. The Morgan fingerprint density at radius 3 is 2.54 bits per heavy atom. The van der Waals surface area contributed by atoms with Gasteiger partial charge in [-0.05, 0) is 94.2 Å². The van der Waals surface area contributed by atoms with Gasteiger partial charge in [0.1, 0.15) is 11.6 Å². The average molecular weight is 557 g/mol. The number of pyridine rings is 1. The van der Waals surface area contributed by atoms with Crippen LogP contribution in [0.25, 0.3) is 0 Å². The van der Waals surface area contributed by atoms with Gasteiger partial charge in [-0.1, -0.05) is 0 Å². The summed E-state index contributed by atoms with van der Waals surface area (Å²) in [4.78, 5) is 35.0. The monoisotopic (exact) mass is 556 g/mol. The van der Waals surface area contributed by atoms with Crippen LogP contribution >= 0.6 is 12.2 Å². The van der Waals surface area contributed by atoms with Crippen LogP contribution in [0.1, 0.15) is 53.7 Å². The molecule has 204 valence electrons. The summed E-state index contributed by atoms with van der Waals surface area (Å²) in [7, 11) is 2.07. The molecular formula is C27H27F3N6O2S. The molecule has 1 spiro atoms. The molecule has 3 aliphatic rings. The standard InChI is InChI=1S/C27H27F3N6O2S/c1-34-11-2-4-17(16-34)14-33-23(37)18-5-7-19(8-6-18)36-25(39)35(24(38)26(36)9-3-10-26)20-12-21(27(28,29)30)22(13-31)32-15-20/h5-8,12,15,17H,2-4,9-11,14,16H2,1H3,(H,33,37)/t17-/m1/s1. The zero-order valence-electron chi connectivity index (χ0n) is 21.3. The Morgan fingerprint density at radius 2 is 1.95 bits per heavy atom. The number of thiocarbonyl (C=S) groups is 1. The van der Waals surface area contributed by atoms with E-state index in [1.807, 2.05) is 0 Å². The van der Waals surface area contributed by atoms with Crippen molar-refractivity contribution < 1.29 is 22.8 Å². The number of likely N-dealkylation sites (tertiary alicyclic amines) is 1. The molecule has 39 heavy (non-hydrogen) atoms. The summed E-state index contributed by atoms with van der Waals surface area (Å²) in [6.45, 7) is 2.60. The molecule has 3 fully saturated rings. The molecule has 1 N–H and O–H groups in total. The van der Waals surface area contributed by atoms with Crippen molar-refractivity contribution in [3.8, 4) is 6.07 Å². The van der Waals surface area contributed by atoms with Crippen LogP contribution in [0.5, 0.6) is 0 Å². The van der Waals surface area contributed by atoms with Crippen LogP contribution in [0.15, 0.2) is 36.5 Å². The number of piperidine rings is 1. The first-order chi connectivity index (χ1) is 18.5. The summed E-state index contributed by atoms with van der Waals surface area (Å²) in [6.07, 6.45) is 0.138. The second kappa shape index (κ2) is 10.2. The highest BCUT2D eigenvalue weighted by molar-refractivity contribution is 7.81. The Balaban J connectivity index is 1.38. The smallest absolute Gasteiger partial charge is 0.352 e. The van der Waals surface area contributed by atoms with Crippen molar-refractivity contribution in [2.24, 2.45) is 5.92 Å². The molecular weight excluding hydrogens is 529 g/mol. The number of nitrogens with zero attached hydrogens (tertiary/aromatic N) is 5. The van der Waals surface area contributed by atoms with E-state index in [2.05, 4.69) is 22.2 Å². The average Bonchev–Trinajstić information content (AvgIpc) is 3.13. The van der Waals surface area contributed by atoms with Crippen molar-refractivity contribution in [2.75, 3.05) is 36.5 Å². The minimum absolute atomic E-state index is 0.0259. The Hall–Kier alpha value is -3.56. The van der Waals surface area contributed by atoms with E-state index in [-0.39, 0.29) is 16.7 Å². The van der Waals surface area contributed by atoms with Crippen molar-refractivity contribution in [1.82, 2.24) is 15.2 Å². The number of rotatable bonds is 5. The third kappa shape index (κ3) is 4.85. The lowest BCUT2D eigenvalue weighted by atomic mass is 9.75. The Bertz CT molecular complexity index is 1350. The number of halogens is 3. The predicted molar refractivity (Wildman–Crippen MR) is 142 cm³/mol. The fourth-order valence-corrected chi connectivity index (χ4v) is 6.10. The first-order valence-electron chi connectivity index (χ1n) is 12.8. The zero-order chi connectivity index (χ0) is 27.9. The van der Waals surface area contributed by atoms with Crippen LogP contribution in [0.4, 0.5) is 24.5 Å². The fraction of sp³-hybridized carbons (Fsp3) is 0.444. The van der Waals surface area contributed by atoms with Gasteiger partial charge in [0, 0.05) is 24.3 Å². The molecule has 1 saturated carbocycles. The summed E-state index contributed by atoms with van der Waals surface area (Å²) in [5.41, 5.74) is -2.13. The van der Waals surface area contributed by atoms with E-state index in [0.717, 1.165) is 49.5 Å². The maximum atomic E-state index is 13.6. The number of benzene rings is 1. The van der Waals surface area contributed by atoms with E-state index in [4.69, 9.17) is 17.5 Å². The van der Waals surface area contributed by atoms with Crippen LogP contribution in [0, 0.1) is 17.2 Å². The van der Waals surface area contributed by atoms with Gasteiger partial charge in [0.25, 0.3) is 11.8 Å². The number of nitrogens with one attached hydrogen (secondary N) is 1. The van der Waals surface area contributed by atoms with Gasteiger partial charge >= 0.3 is 6.18 Å². The number of carbonyl (C=O) groups is 2. The highest BCUT2D eigenvalue weighted by atomic mass is 32.1. The highest BCUT2D eigenvalue weighted by Gasteiger charge is 2.59. The predicted octanol–water partition coefficient (Wildman–Crippen LogP) is 4.10. The second-order valence-corrected chi connectivity index (χ2v) is 10.7. The SMILES string of the molecule is CN1CCC[C@H](CNC(=O)c2ccc(N3C(=S)N(c4cnc(C#N)c(C(F)(F)F)c4)C(=O)C34CCC4)cc2)C1. The summed E-state index contributed by atoms with van der Waals surface area (Å²) < 4.78 is 40.7. The lowest BCUT2D eigenvalue weighted by molar-refractivity contribution is -0.138. The Kier molecular flexibility index (Phi) is 7.07. The fourth-order valence-electron chi connectivity index (χ4n) is 5.63. The molecule has 1 aromatic carbocycles. The van der Waals surface area contributed by atoms with Gasteiger partial charge in [0.15, 0.2) is 10.8 Å². The van der Waals surface area contributed by atoms with Gasteiger partial charge in [-0.25, -0.2) is 4.98 Å². The van der Waals surface area contributed by atoms with Crippen molar-refractivity contribution in [2.45, 2.75) is 43.8 Å². The van der Waals surface area contributed by atoms with Crippen molar-refractivity contribution >= 4 is 40.5 Å². The number of aromatic nitrogens is 1. The van der Waals surface area contributed by atoms with Crippen LogP contribution in [-0.2, 0) is 11.0 Å². The maximum absolute atomic E-state index is 13.6. The third-order valence-corrected chi connectivity index (χ3v) is 8.16. The minimum atomic E-state index is -4.82. The number of nitriles is 1. The molecule has 8 nitrogen and oxygen atoms in total. The van der Waals surface area contributed by atoms with E-state index < -0.39 is 28.9 Å². The molecule has 5 rings (SSSR count). The molecule has 0 unspecified atom stereocenters. The molecule has 1 atom stereocenters. The molecule has 1 aromatic heterocycles. The highest BCUT2D eigenvalue weighted by Crippen LogP contribution is 2.48. The Labute approximate surface area is 229 Å². The van der Waals surface area contributed by atoms with Gasteiger partial charge in [-0.3, -0.25) is 14.5 Å². The molecule has 2 aromatic rings. The summed E-state index contributed by atoms with van der Waals surface area (Å²) in [5.74, 6) is -0.227. The first-order valence-corrected chi connectivity index (χ1v) is 13.2. The van der Waals surface area contributed by atoms with E-state index in [1.165, 1.54) is 6.07 Å². The molecule has 1 aliphatic carbocycles. The van der Waals surface area contributed by atoms with Crippen LogP contribution in [0.3, 0.4) is 0 Å². The second-order valence-electron chi connectivity index (χ2n) is 10.4. The van der Waals surface area contributed by atoms with Crippen molar-refractivity contribution in [1.29, 1.82) is 5.26 Å². The minimum Gasteiger partial charge on any atom is -0.352 e. The zero-order valence-corrected chi connectivity index (χ0v) is 22.1. The third-order valence-electron chi connectivity index (χ3n) is 7.80. The van der Waals surface area contributed by atoms with Crippen LogP contribution in [-0.4, -0.2) is 59.0 Å². The number of carbonyl (C=O) groups excluding carboxylic acids is 2. The molecule has 0 radical (unpaired) electrons. The molecule has 2 saturated heterocycles. The van der Waals surface area contributed by atoms with E-state index in [0.29, 0.717) is 36.6 Å². The normalized spacial score (nSPS) is 21.2. The topological polar surface area (TPSA) is 92.6 Å².